The Bertz CT molecular complexity index is 745. The summed E-state index contributed by atoms with van der Waals surface area (Å²) in [5.74, 6) is -0.125. The van der Waals surface area contributed by atoms with Gasteiger partial charge in [0.05, 0.1) is 5.75 Å². The summed E-state index contributed by atoms with van der Waals surface area (Å²) >= 11 is 0. The standard InChI is InChI=1S/C16H16ClNO4S/c17-23(20,21)11-10-13-6-8-15(9-7-13)18-16(19)22-12-14-4-2-1-3-5-14/h1-9H,10-12H2,(H,18,19). The number of ether oxygens (including phenoxy) is 1. The fourth-order valence-electron chi connectivity index (χ4n) is 1.87. The zero-order chi connectivity index (χ0) is 16.7. The second-order valence-electron chi connectivity index (χ2n) is 4.88. The Morgan fingerprint density at radius 1 is 1.00 bits per heavy atom. The number of anilines is 1. The van der Waals surface area contributed by atoms with Crippen LogP contribution in [0.2, 0.25) is 0 Å². The highest BCUT2D eigenvalue weighted by Gasteiger charge is 2.07. The van der Waals surface area contributed by atoms with E-state index in [1.807, 2.05) is 30.3 Å². The molecule has 0 aliphatic heterocycles. The molecule has 23 heavy (non-hydrogen) atoms. The molecule has 1 N–H and O–H groups in total. The number of amides is 1. The lowest BCUT2D eigenvalue weighted by Crippen LogP contribution is -2.13. The molecule has 0 aliphatic rings. The first-order chi connectivity index (χ1) is 10.9. The maximum atomic E-state index is 11.7. The van der Waals surface area contributed by atoms with Gasteiger partial charge in [-0.15, -0.1) is 0 Å². The van der Waals surface area contributed by atoms with Crippen LogP contribution in [0.3, 0.4) is 0 Å². The Labute approximate surface area is 139 Å². The van der Waals surface area contributed by atoms with Crippen molar-refractivity contribution in [2.24, 2.45) is 0 Å². The quantitative estimate of drug-likeness (QED) is 0.806. The van der Waals surface area contributed by atoms with Gasteiger partial charge in [0.2, 0.25) is 9.05 Å². The normalized spacial score (nSPS) is 11.0. The third-order valence-electron chi connectivity index (χ3n) is 3.05. The lowest BCUT2D eigenvalue weighted by Gasteiger charge is -2.08. The van der Waals surface area contributed by atoms with Crippen LogP contribution in [0.4, 0.5) is 10.5 Å². The number of nitrogens with one attached hydrogen (secondary N) is 1. The van der Waals surface area contributed by atoms with Crippen molar-refractivity contribution in [3.05, 3.63) is 65.7 Å². The van der Waals surface area contributed by atoms with Crippen molar-refractivity contribution in [3.8, 4) is 0 Å². The molecule has 2 rings (SSSR count). The highest BCUT2D eigenvalue weighted by molar-refractivity contribution is 8.13. The van der Waals surface area contributed by atoms with Gasteiger partial charge in [-0.05, 0) is 29.7 Å². The Hall–Kier alpha value is -2.05. The minimum Gasteiger partial charge on any atom is -0.444 e. The van der Waals surface area contributed by atoms with Gasteiger partial charge in [-0.2, -0.15) is 0 Å². The van der Waals surface area contributed by atoms with E-state index in [0.29, 0.717) is 12.1 Å². The first-order valence-corrected chi connectivity index (χ1v) is 9.39. The summed E-state index contributed by atoms with van der Waals surface area (Å²) in [6.07, 6.45) is -0.227. The number of rotatable bonds is 6. The molecule has 0 aliphatic carbocycles. The van der Waals surface area contributed by atoms with Crippen molar-refractivity contribution >= 4 is 31.5 Å². The van der Waals surface area contributed by atoms with Crippen LogP contribution < -0.4 is 5.32 Å². The van der Waals surface area contributed by atoms with Crippen LogP contribution in [0.25, 0.3) is 0 Å². The van der Waals surface area contributed by atoms with Crippen molar-refractivity contribution < 1.29 is 17.9 Å². The van der Waals surface area contributed by atoms with Crippen LogP contribution in [0.1, 0.15) is 11.1 Å². The van der Waals surface area contributed by atoms with Gasteiger partial charge in [0, 0.05) is 16.4 Å². The van der Waals surface area contributed by atoms with Crippen molar-refractivity contribution in [1.82, 2.24) is 0 Å². The molecule has 5 nitrogen and oxygen atoms in total. The summed E-state index contributed by atoms with van der Waals surface area (Å²) in [6.45, 7) is 0.193. The molecular weight excluding hydrogens is 338 g/mol. The van der Waals surface area contributed by atoms with E-state index < -0.39 is 15.1 Å². The van der Waals surface area contributed by atoms with Crippen molar-refractivity contribution in [1.29, 1.82) is 0 Å². The molecule has 0 saturated heterocycles. The predicted octanol–water partition coefficient (Wildman–Crippen LogP) is 3.55. The molecule has 122 valence electrons. The highest BCUT2D eigenvalue weighted by atomic mass is 35.7. The van der Waals surface area contributed by atoms with Gasteiger partial charge in [0.25, 0.3) is 0 Å². The molecule has 1 amide bonds. The summed E-state index contributed by atoms with van der Waals surface area (Å²) in [5, 5.41) is 2.61. The summed E-state index contributed by atoms with van der Waals surface area (Å²) in [5.41, 5.74) is 2.29. The Balaban J connectivity index is 1.82. The molecule has 0 spiro atoms. The fourth-order valence-corrected chi connectivity index (χ4v) is 2.58. The summed E-state index contributed by atoms with van der Waals surface area (Å²) in [6, 6.07) is 16.2. The zero-order valence-corrected chi connectivity index (χ0v) is 13.8. The number of benzene rings is 2. The van der Waals surface area contributed by atoms with Gasteiger partial charge >= 0.3 is 6.09 Å². The Kier molecular flexibility index (Phi) is 6.01. The molecule has 2 aromatic rings. The molecule has 0 fully saturated rings. The van der Waals surface area contributed by atoms with Crippen LogP contribution in [0.15, 0.2) is 54.6 Å². The first kappa shape index (κ1) is 17.3. The van der Waals surface area contributed by atoms with Gasteiger partial charge in [-0.3, -0.25) is 5.32 Å². The van der Waals surface area contributed by atoms with E-state index in [1.165, 1.54) is 0 Å². The van der Waals surface area contributed by atoms with E-state index in [2.05, 4.69) is 5.32 Å². The molecule has 0 aromatic heterocycles. The average molecular weight is 354 g/mol. The maximum Gasteiger partial charge on any atom is 0.411 e. The molecular formula is C16H16ClNO4S. The SMILES string of the molecule is O=C(Nc1ccc(CCS(=O)(=O)Cl)cc1)OCc1ccccc1. The van der Waals surface area contributed by atoms with E-state index in [1.54, 1.807) is 24.3 Å². The monoisotopic (exact) mass is 353 g/mol. The highest BCUT2D eigenvalue weighted by Crippen LogP contribution is 2.12. The van der Waals surface area contributed by atoms with Crippen molar-refractivity contribution in [2.75, 3.05) is 11.1 Å². The van der Waals surface area contributed by atoms with Gasteiger partial charge in [0.15, 0.2) is 0 Å². The topological polar surface area (TPSA) is 72.5 Å². The van der Waals surface area contributed by atoms with Gasteiger partial charge in [0.1, 0.15) is 6.61 Å². The van der Waals surface area contributed by atoms with E-state index in [9.17, 15) is 13.2 Å². The predicted molar refractivity (Wildman–Crippen MR) is 90.0 cm³/mol. The zero-order valence-electron chi connectivity index (χ0n) is 12.2. The Morgan fingerprint density at radius 2 is 1.65 bits per heavy atom. The van der Waals surface area contributed by atoms with E-state index in [4.69, 9.17) is 15.4 Å². The minimum absolute atomic E-state index is 0.125. The van der Waals surface area contributed by atoms with Gasteiger partial charge in [-0.25, -0.2) is 13.2 Å². The van der Waals surface area contributed by atoms with Crippen LogP contribution in [-0.4, -0.2) is 20.3 Å². The maximum absolute atomic E-state index is 11.7. The third-order valence-corrected chi connectivity index (χ3v) is 4.20. The largest absolute Gasteiger partial charge is 0.444 e. The summed E-state index contributed by atoms with van der Waals surface area (Å²) in [7, 11) is 1.66. The van der Waals surface area contributed by atoms with Crippen LogP contribution in [0.5, 0.6) is 0 Å². The number of hydrogen-bond acceptors (Lipinski definition) is 4. The van der Waals surface area contributed by atoms with Crippen LogP contribution in [0, 0.1) is 0 Å². The Morgan fingerprint density at radius 3 is 2.26 bits per heavy atom. The molecule has 2 aromatic carbocycles. The number of carbonyl (C=O) groups excluding carboxylic acids is 1. The second-order valence-corrected chi connectivity index (χ2v) is 7.77. The number of hydrogen-bond donors (Lipinski definition) is 1. The second kappa shape index (κ2) is 7.99. The van der Waals surface area contributed by atoms with E-state index >= 15 is 0 Å². The molecule has 0 bridgehead atoms. The lowest BCUT2D eigenvalue weighted by molar-refractivity contribution is 0.155. The fraction of sp³-hybridized carbons (Fsp3) is 0.188. The number of carbonyl (C=O) groups is 1. The van der Waals surface area contributed by atoms with Crippen LogP contribution in [-0.2, 0) is 26.8 Å². The summed E-state index contributed by atoms with van der Waals surface area (Å²) in [4.78, 5) is 11.7. The number of halogens is 1. The minimum atomic E-state index is -3.50. The van der Waals surface area contributed by atoms with E-state index in [0.717, 1.165) is 11.1 Å². The molecule has 0 heterocycles. The molecule has 0 radical (unpaired) electrons. The summed E-state index contributed by atoms with van der Waals surface area (Å²) < 4.78 is 26.9. The average Bonchev–Trinajstić information content (AvgIpc) is 2.53. The van der Waals surface area contributed by atoms with Crippen molar-refractivity contribution in [3.63, 3.8) is 0 Å². The van der Waals surface area contributed by atoms with Crippen molar-refractivity contribution in [2.45, 2.75) is 13.0 Å². The van der Waals surface area contributed by atoms with Gasteiger partial charge in [-0.1, -0.05) is 42.5 Å². The van der Waals surface area contributed by atoms with Gasteiger partial charge < -0.3 is 4.74 Å². The first-order valence-electron chi connectivity index (χ1n) is 6.91. The molecule has 7 heteroatoms. The van der Waals surface area contributed by atoms with Crippen LogP contribution >= 0.6 is 10.7 Å². The third kappa shape index (κ3) is 6.71. The number of aryl methyl sites for hydroxylation is 1. The molecule has 0 atom stereocenters. The molecule has 0 saturated carbocycles. The lowest BCUT2D eigenvalue weighted by atomic mass is 10.1. The smallest absolute Gasteiger partial charge is 0.411 e. The molecule has 0 unspecified atom stereocenters. The van der Waals surface area contributed by atoms with E-state index in [-0.39, 0.29) is 12.4 Å².